The molecular formula is C18H20O4S. The van der Waals surface area contributed by atoms with Gasteiger partial charge >= 0.3 is 10.4 Å². The summed E-state index contributed by atoms with van der Waals surface area (Å²) in [5.41, 5.74) is 3.45. The van der Waals surface area contributed by atoms with Gasteiger partial charge in [-0.2, -0.15) is 8.42 Å². The summed E-state index contributed by atoms with van der Waals surface area (Å²) < 4.78 is 31.6. The van der Waals surface area contributed by atoms with E-state index in [0.717, 1.165) is 11.1 Å². The molecule has 4 nitrogen and oxygen atoms in total. The number of benzene rings is 2. The first-order valence-corrected chi connectivity index (χ1v) is 7.92. The Morgan fingerprint density at radius 2 is 1.04 bits per heavy atom. The third-order valence-corrected chi connectivity index (χ3v) is 2.47. The Kier molecular flexibility index (Phi) is 9.95. The topological polar surface area (TPSA) is 74.6 Å². The summed E-state index contributed by atoms with van der Waals surface area (Å²) in [6.07, 6.45) is 5.49. The second kappa shape index (κ2) is 11.1. The fourth-order valence-electron chi connectivity index (χ4n) is 1.47. The molecule has 2 rings (SSSR count). The van der Waals surface area contributed by atoms with Crippen molar-refractivity contribution in [3.8, 4) is 0 Å². The molecule has 5 heteroatoms. The van der Waals surface area contributed by atoms with Crippen LogP contribution in [0.25, 0.3) is 18.2 Å². The Labute approximate surface area is 137 Å². The molecule has 0 spiro atoms. The van der Waals surface area contributed by atoms with Crippen molar-refractivity contribution in [2.75, 3.05) is 0 Å². The highest BCUT2D eigenvalue weighted by Gasteiger charge is 1.89. The van der Waals surface area contributed by atoms with Crippen LogP contribution in [0.4, 0.5) is 0 Å². The molecular weight excluding hydrogens is 312 g/mol. The largest absolute Gasteiger partial charge is 0.394 e. The van der Waals surface area contributed by atoms with Gasteiger partial charge in [-0.1, -0.05) is 92.6 Å². The van der Waals surface area contributed by atoms with Crippen LogP contribution >= 0.6 is 0 Å². The van der Waals surface area contributed by atoms with E-state index >= 15 is 0 Å². The maximum atomic E-state index is 8.74. The average Bonchev–Trinajstić information content (AvgIpc) is 2.54. The second-order valence-electron chi connectivity index (χ2n) is 4.10. The summed E-state index contributed by atoms with van der Waals surface area (Å²) in [5.74, 6) is 0. The molecule has 0 amide bonds. The van der Waals surface area contributed by atoms with Crippen LogP contribution in [0.3, 0.4) is 0 Å². The summed E-state index contributed by atoms with van der Waals surface area (Å²) >= 11 is 0. The Morgan fingerprint density at radius 1 is 0.696 bits per heavy atom. The van der Waals surface area contributed by atoms with Crippen LogP contribution in [0.2, 0.25) is 0 Å². The van der Waals surface area contributed by atoms with Gasteiger partial charge in [0, 0.05) is 0 Å². The van der Waals surface area contributed by atoms with Gasteiger partial charge in [0.05, 0.1) is 0 Å². The number of hydrogen-bond acceptors (Lipinski definition) is 2. The Bertz CT molecular complexity index is 685. The molecule has 2 aromatic carbocycles. The maximum Gasteiger partial charge on any atom is 0.394 e. The van der Waals surface area contributed by atoms with E-state index in [2.05, 4.69) is 19.7 Å². The lowest BCUT2D eigenvalue weighted by atomic mass is 10.1. The zero-order valence-electron chi connectivity index (χ0n) is 12.7. The maximum absolute atomic E-state index is 8.74. The van der Waals surface area contributed by atoms with Crippen molar-refractivity contribution >= 4 is 28.6 Å². The van der Waals surface area contributed by atoms with Gasteiger partial charge in [-0.15, -0.1) is 0 Å². The van der Waals surface area contributed by atoms with Crippen molar-refractivity contribution in [1.82, 2.24) is 0 Å². The third-order valence-electron chi connectivity index (χ3n) is 2.47. The first-order chi connectivity index (χ1) is 10.8. The van der Waals surface area contributed by atoms with Gasteiger partial charge in [0.2, 0.25) is 0 Å². The van der Waals surface area contributed by atoms with Crippen LogP contribution in [-0.4, -0.2) is 17.5 Å². The lowest BCUT2D eigenvalue weighted by Crippen LogP contribution is -1.89. The van der Waals surface area contributed by atoms with Crippen molar-refractivity contribution in [2.45, 2.75) is 0 Å². The predicted molar refractivity (Wildman–Crippen MR) is 97.3 cm³/mol. The van der Waals surface area contributed by atoms with Crippen molar-refractivity contribution in [1.29, 1.82) is 0 Å². The first-order valence-electron chi connectivity index (χ1n) is 6.53. The third kappa shape index (κ3) is 11.8. The second-order valence-corrected chi connectivity index (χ2v) is 5.00. The molecule has 0 aliphatic rings. The van der Waals surface area contributed by atoms with E-state index in [-0.39, 0.29) is 0 Å². The van der Waals surface area contributed by atoms with E-state index in [4.69, 9.17) is 17.5 Å². The summed E-state index contributed by atoms with van der Waals surface area (Å²) in [5, 5.41) is 0. The van der Waals surface area contributed by atoms with Crippen molar-refractivity contribution < 1.29 is 17.5 Å². The van der Waals surface area contributed by atoms with Gasteiger partial charge in [0.25, 0.3) is 0 Å². The van der Waals surface area contributed by atoms with Crippen molar-refractivity contribution in [3.63, 3.8) is 0 Å². The van der Waals surface area contributed by atoms with Gasteiger partial charge < -0.3 is 0 Å². The molecule has 0 unspecified atom stereocenters. The van der Waals surface area contributed by atoms with Crippen LogP contribution in [-0.2, 0) is 10.4 Å². The average molecular weight is 332 g/mol. The molecule has 0 aromatic heterocycles. The van der Waals surface area contributed by atoms with Gasteiger partial charge in [-0.3, -0.25) is 9.11 Å². The highest BCUT2D eigenvalue weighted by atomic mass is 32.3. The summed E-state index contributed by atoms with van der Waals surface area (Å²) in [6.45, 7) is 11.0. The molecule has 0 fully saturated rings. The van der Waals surface area contributed by atoms with E-state index in [9.17, 15) is 0 Å². The normalized spacial score (nSPS) is 9.30. The molecule has 23 heavy (non-hydrogen) atoms. The highest BCUT2D eigenvalue weighted by molar-refractivity contribution is 7.79. The molecule has 0 saturated carbocycles. The zero-order valence-corrected chi connectivity index (χ0v) is 13.5. The highest BCUT2D eigenvalue weighted by Crippen LogP contribution is 2.10. The van der Waals surface area contributed by atoms with Crippen LogP contribution < -0.4 is 0 Å². The first kappa shape index (κ1) is 20.5. The smallest absolute Gasteiger partial charge is 0.264 e. The van der Waals surface area contributed by atoms with E-state index in [1.54, 1.807) is 0 Å². The molecule has 0 bridgehead atoms. The van der Waals surface area contributed by atoms with E-state index in [1.165, 1.54) is 5.56 Å². The number of hydrogen-bond donors (Lipinski definition) is 2. The molecule has 0 atom stereocenters. The summed E-state index contributed by atoms with van der Waals surface area (Å²) in [6, 6.07) is 18.0. The Hall–Kier alpha value is -2.47. The number of rotatable bonds is 3. The Morgan fingerprint density at radius 3 is 1.30 bits per heavy atom. The molecule has 0 heterocycles. The quantitative estimate of drug-likeness (QED) is 0.802. The minimum Gasteiger partial charge on any atom is -0.264 e. The van der Waals surface area contributed by atoms with Crippen LogP contribution in [0.15, 0.2) is 74.3 Å². The van der Waals surface area contributed by atoms with Crippen LogP contribution in [0.1, 0.15) is 16.7 Å². The van der Waals surface area contributed by atoms with Crippen LogP contribution in [0, 0.1) is 0 Å². The lowest BCUT2D eigenvalue weighted by molar-refractivity contribution is 0.381. The monoisotopic (exact) mass is 332 g/mol. The van der Waals surface area contributed by atoms with Crippen LogP contribution in [0.5, 0.6) is 0 Å². The molecule has 0 radical (unpaired) electrons. The minimum atomic E-state index is -4.67. The molecule has 0 saturated heterocycles. The van der Waals surface area contributed by atoms with E-state index in [1.807, 2.05) is 72.8 Å². The van der Waals surface area contributed by atoms with Crippen molar-refractivity contribution in [3.05, 3.63) is 91.0 Å². The van der Waals surface area contributed by atoms with Gasteiger partial charge in [-0.25, -0.2) is 0 Å². The fourth-order valence-corrected chi connectivity index (χ4v) is 1.47. The standard InChI is InChI=1S/C10H10.C8H8.H2O4S/c1-3-9-7-5-6-8-10(9)4-2;1-2-8-6-4-3-5-7-8;1-5(2,3)4/h3-8H,1-2H2;2-7H,1H2;(H2,1,2,3,4). The zero-order chi connectivity index (χ0) is 17.7. The van der Waals surface area contributed by atoms with E-state index < -0.39 is 10.4 Å². The summed E-state index contributed by atoms with van der Waals surface area (Å²) in [4.78, 5) is 0. The fraction of sp³-hybridized carbons (Fsp3) is 0. The lowest BCUT2D eigenvalue weighted by Gasteiger charge is -1.96. The van der Waals surface area contributed by atoms with Gasteiger partial charge in [0.1, 0.15) is 0 Å². The van der Waals surface area contributed by atoms with Crippen molar-refractivity contribution in [2.24, 2.45) is 0 Å². The van der Waals surface area contributed by atoms with E-state index in [0.29, 0.717) is 0 Å². The Balaban J connectivity index is 0.000000335. The van der Waals surface area contributed by atoms with Gasteiger partial charge in [-0.05, 0) is 16.7 Å². The molecule has 122 valence electrons. The molecule has 2 N–H and O–H groups in total. The molecule has 2 aromatic rings. The predicted octanol–water partition coefficient (Wildman–Crippen LogP) is 4.65. The summed E-state index contributed by atoms with van der Waals surface area (Å²) in [7, 11) is -4.67. The van der Waals surface area contributed by atoms with Gasteiger partial charge in [0.15, 0.2) is 0 Å². The SMILES string of the molecule is C=Cc1ccccc1.C=Cc1ccccc1C=C.O=S(=O)(O)O. The molecule has 0 aliphatic heterocycles. The minimum absolute atomic E-state index is 1.14. The molecule has 0 aliphatic carbocycles.